The molecule has 48 heavy (non-hydrogen) atoms. The molecule has 0 amide bonds. The van der Waals surface area contributed by atoms with Gasteiger partial charge in [0.1, 0.15) is 0 Å². The number of aromatic nitrogens is 2. The number of hydrogen-bond acceptors (Lipinski definition) is 2. The Kier molecular flexibility index (Phi) is 11.0. The first kappa shape index (κ1) is 34.9. The number of nitrogens with zero attached hydrogens (tertiary/aromatic N) is 2. The summed E-state index contributed by atoms with van der Waals surface area (Å²) in [7, 11) is 0. The molecule has 6 aromatic rings. The molecule has 0 atom stereocenters. The number of rotatable bonds is 6. The average molecular weight is 803 g/mol. The van der Waals surface area contributed by atoms with E-state index in [9.17, 15) is 0 Å². The third kappa shape index (κ3) is 7.49. The molecule has 243 valence electrons. The summed E-state index contributed by atoms with van der Waals surface area (Å²) >= 11 is 0. The fourth-order valence-corrected chi connectivity index (χ4v) is 6.35. The van der Waals surface area contributed by atoms with E-state index in [1.165, 1.54) is 44.5 Å². The van der Waals surface area contributed by atoms with E-state index in [-0.39, 0.29) is 25.5 Å². The topological polar surface area (TPSA) is 25.8 Å². The Balaban J connectivity index is 0.000000291. The Hall–Kier alpha value is -4.43. The van der Waals surface area contributed by atoms with Crippen molar-refractivity contribution in [2.24, 2.45) is 0 Å². The van der Waals surface area contributed by atoms with E-state index < -0.39 is 0 Å². The molecule has 0 saturated carbocycles. The molecule has 0 aliphatic heterocycles. The molecule has 7 rings (SSSR count). The second-order valence-corrected chi connectivity index (χ2v) is 13.3. The van der Waals surface area contributed by atoms with Crippen molar-refractivity contribution < 1.29 is 20.1 Å². The van der Waals surface area contributed by atoms with E-state index in [4.69, 9.17) is 4.98 Å². The zero-order valence-electron chi connectivity index (χ0n) is 28.6. The number of fused-ring (bicyclic) bond motifs is 1. The maximum absolute atomic E-state index is 4.75. The largest absolute Gasteiger partial charge is 0.305 e. The summed E-state index contributed by atoms with van der Waals surface area (Å²) in [5, 5.41) is 0. The Bertz CT molecular complexity index is 1940. The third-order valence-corrected chi connectivity index (χ3v) is 9.03. The molecule has 0 unspecified atom stereocenters. The van der Waals surface area contributed by atoms with Crippen molar-refractivity contribution in [3.63, 3.8) is 0 Å². The minimum Gasteiger partial charge on any atom is -0.305 e. The Morgan fingerprint density at radius 2 is 1.29 bits per heavy atom. The van der Waals surface area contributed by atoms with Gasteiger partial charge in [0.25, 0.3) is 0 Å². The van der Waals surface area contributed by atoms with E-state index in [0.29, 0.717) is 11.8 Å². The quantitative estimate of drug-likeness (QED) is 0.157. The summed E-state index contributed by atoms with van der Waals surface area (Å²) in [6.45, 7) is 13.6. The van der Waals surface area contributed by atoms with Gasteiger partial charge in [-0.15, -0.1) is 59.7 Å². The van der Waals surface area contributed by atoms with Crippen molar-refractivity contribution in [3.05, 3.63) is 168 Å². The summed E-state index contributed by atoms with van der Waals surface area (Å²) in [4.78, 5) is 8.97. The Labute approximate surface area is 300 Å². The smallest absolute Gasteiger partial charge is 0.0185 e. The first-order valence-corrected chi connectivity index (χ1v) is 16.6. The van der Waals surface area contributed by atoms with Crippen LogP contribution in [0.2, 0.25) is 0 Å². The van der Waals surface area contributed by atoms with E-state index >= 15 is 0 Å². The van der Waals surface area contributed by atoms with Gasteiger partial charge in [-0.25, -0.2) is 0 Å². The summed E-state index contributed by atoms with van der Waals surface area (Å²) < 4.78 is 0. The molecule has 2 aromatic heterocycles. The second kappa shape index (κ2) is 15.2. The van der Waals surface area contributed by atoms with E-state index in [1.54, 1.807) is 6.20 Å². The first-order valence-electron chi connectivity index (χ1n) is 16.6. The minimum atomic E-state index is -0.134. The summed E-state index contributed by atoms with van der Waals surface area (Å²) in [6, 6.07) is 47.1. The summed E-state index contributed by atoms with van der Waals surface area (Å²) in [6.07, 6.45) is 6.06. The fraction of sp³-hybridized carbons (Fsp3) is 0.200. The van der Waals surface area contributed by atoms with Crippen LogP contribution >= 0.6 is 0 Å². The summed E-state index contributed by atoms with van der Waals surface area (Å²) in [5.41, 5.74) is 14.2. The van der Waals surface area contributed by atoms with Gasteiger partial charge in [0, 0.05) is 38.2 Å². The zero-order valence-corrected chi connectivity index (χ0v) is 31.0. The monoisotopic (exact) mass is 803 g/mol. The van der Waals surface area contributed by atoms with Gasteiger partial charge >= 0.3 is 0 Å². The second-order valence-electron chi connectivity index (χ2n) is 13.3. The van der Waals surface area contributed by atoms with Gasteiger partial charge in [-0.05, 0) is 57.3 Å². The number of hydrogen-bond donors (Lipinski definition) is 0. The third-order valence-electron chi connectivity index (χ3n) is 9.03. The van der Waals surface area contributed by atoms with Crippen molar-refractivity contribution >= 4 is 11.6 Å². The molecular weight excluding hydrogens is 761 g/mol. The van der Waals surface area contributed by atoms with E-state index in [2.05, 4.69) is 138 Å². The number of pyridine rings is 2. The van der Waals surface area contributed by atoms with Crippen LogP contribution in [0.15, 0.2) is 128 Å². The van der Waals surface area contributed by atoms with Crippen molar-refractivity contribution in [2.45, 2.75) is 58.8 Å². The van der Waals surface area contributed by atoms with E-state index in [1.807, 2.05) is 48.7 Å². The van der Waals surface area contributed by atoms with Crippen LogP contribution in [-0.4, -0.2) is 9.97 Å². The van der Waals surface area contributed by atoms with Crippen molar-refractivity contribution in [3.8, 4) is 33.6 Å². The van der Waals surface area contributed by atoms with Gasteiger partial charge in [-0.1, -0.05) is 137 Å². The van der Waals surface area contributed by atoms with Gasteiger partial charge in [-0.3, -0.25) is 4.98 Å². The Morgan fingerprint density at radius 3 is 1.94 bits per heavy atom. The van der Waals surface area contributed by atoms with Crippen molar-refractivity contribution in [2.75, 3.05) is 0 Å². The molecule has 2 heterocycles. The molecule has 0 bridgehead atoms. The zero-order chi connectivity index (χ0) is 33.0. The molecule has 0 spiro atoms. The van der Waals surface area contributed by atoms with Crippen LogP contribution in [0.25, 0.3) is 45.3 Å². The first-order chi connectivity index (χ1) is 22.7. The normalized spacial score (nSPS) is 12.9. The SMILES string of the molecule is CC(C)c1ccc(-c2cc(-c3cc(C(C)C)ccn3)[c-]c3c2C(C)(C)C(c2ccccc2)=C3)cc1.[Ir].[c-]1ccccc1-c1ccccn1. The predicted molar refractivity (Wildman–Crippen MR) is 198 cm³/mol. The molecule has 0 fully saturated rings. The van der Waals surface area contributed by atoms with E-state index in [0.717, 1.165) is 22.5 Å². The Morgan fingerprint density at radius 1 is 0.604 bits per heavy atom. The van der Waals surface area contributed by atoms with Crippen molar-refractivity contribution in [1.82, 2.24) is 9.97 Å². The molecule has 1 aliphatic carbocycles. The van der Waals surface area contributed by atoms with Crippen LogP contribution in [-0.2, 0) is 25.5 Å². The maximum Gasteiger partial charge on any atom is 0.0185 e. The minimum absolute atomic E-state index is 0. The van der Waals surface area contributed by atoms with Gasteiger partial charge in [0.05, 0.1) is 0 Å². The van der Waals surface area contributed by atoms with Gasteiger partial charge in [0.2, 0.25) is 0 Å². The van der Waals surface area contributed by atoms with Crippen LogP contribution in [0.5, 0.6) is 0 Å². The number of benzene rings is 4. The van der Waals surface area contributed by atoms with Crippen molar-refractivity contribution in [1.29, 1.82) is 0 Å². The van der Waals surface area contributed by atoms with Gasteiger partial charge < -0.3 is 4.98 Å². The van der Waals surface area contributed by atoms with Crippen LogP contribution in [0.4, 0.5) is 0 Å². The average Bonchev–Trinajstić information content (AvgIpc) is 3.39. The van der Waals surface area contributed by atoms with Crippen LogP contribution < -0.4 is 0 Å². The maximum atomic E-state index is 4.75. The molecule has 2 nitrogen and oxygen atoms in total. The molecule has 3 heteroatoms. The molecule has 1 radical (unpaired) electrons. The van der Waals surface area contributed by atoms with Crippen LogP contribution in [0.3, 0.4) is 0 Å². The van der Waals surface area contributed by atoms with Crippen LogP contribution in [0, 0.1) is 12.1 Å². The molecule has 0 saturated heterocycles. The van der Waals surface area contributed by atoms with Gasteiger partial charge in [-0.2, -0.15) is 0 Å². The molecule has 1 aliphatic rings. The summed E-state index contributed by atoms with van der Waals surface area (Å²) in [5.74, 6) is 0.970. The molecular formula is C45H42IrN2-2. The number of allylic oxidation sites excluding steroid dienone is 1. The molecule has 0 N–H and O–H groups in total. The molecule has 4 aromatic carbocycles. The standard InChI is InChI=1S/C34H34N.C11H8N.Ir/c1-22(2)24-12-14-25(15-13-24)30-19-28(32-21-27(23(3)4)16-17-35-32)18-29-20-31(34(5,6)33(29)30)26-10-8-7-9-11-26;1-2-6-10(7-3-1)11-8-4-5-9-12-11;/h7-17,19-23H,1-6H3;1-6,8-9H;/q2*-1;. The fourth-order valence-electron chi connectivity index (χ4n) is 6.35. The predicted octanol–water partition coefficient (Wildman–Crippen LogP) is 11.8. The van der Waals surface area contributed by atoms with Crippen LogP contribution in [0.1, 0.15) is 81.2 Å². The van der Waals surface area contributed by atoms with Gasteiger partial charge in [0.15, 0.2) is 0 Å².